The Labute approximate surface area is 123 Å². The van der Waals surface area contributed by atoms with Crippen LogP contribution in [0, 0.1) is 23.5 Å². The van der Waals surface area contributed by atoms with Crippen LogP contribution < -0.4 is 5.32 Å². The molecular formula is C16H20F2N2O. The van der Waals surface area contributed by atoms with Crippen LogP contribution >= 0.6 is 0 Å². The fourth-order valence-electron chi connectivity index (χ4n) is 3.69. The first kappa shape index (κ1) is 14.4. The van der Waals surface area contributed by atoms with Gasteiger partial charge in [0.2, 0.25) is 5.91 Å². The van der Waals surface area contributed by atoms with Crippen molar-refractivity contribution in [2.24, 2.45) is 11.8 Å². The molecule has 21 heavy (non-hydrogen) atoms. The Bertz CT molecular complexity index is 549. The lowest BCUT2D eigenvalue weighted by atomic mass is 9.93. The molecular weight excluding hydrogens is 274 g/mol. The largest absolute Gasteiger partial charge is 0.340 e. The Morgan fingerprint density at radius 2 is 2.14 bits per heavy atom. The molecule has 3 unspecified atom stereocenters. The summed E-state index contributed by atoms with van der Waals surface area (Å²) in [6, 6.07) is 3.65. The van der Waals surface area contributed by atoms with Crippen LogP contribution in [-0.2, 0) is 11.3 Å². The van der Waals surface area contributed by atoms with Gasteiger partial charge in [0.05, 0.1) is 6.04 Å². The Hall–Kier alpha value is -1.49. The first-order chi connectivity index (χ1) is 10.1. The quantitative estimate of drug-likeness (QED) is 0.928. The predicted molar refractivity (Wildman–Crippen MR) is 75.5 cm³/mol. The second-order valence-electron chi connectivity index (χ2n) is 6.18. The van der Waals surface area contributed by atoms with Crippen molar-refractivity contribution in [2.75, 3.05) is 13.6 Å². The summed E-state index contributed by atoms with van der Waals surface area (Å²) in [4.78, 5) is 14.1. The van der Waals surface area contributed by atoms with E-state index in [0.29, 0.717) is 23.9 Å². The van der Waals surface area contributed by atoms with Crippen LogP contribution in [0.2, 0.25) is 0 Å². The van der Waals surface area contributed by atoms with Crippen LogP contribution in [0.3, 0.4) is 0 Å². The van der Waals surface area contributed by atoms with E-state index < -0.39 is 11.6 Å². The molecule has 1 aliphatic carbocycles. The van der Waals surface area contributed by atoms with E-state index in [4.69, 9.17) is 0 Å². The summed E-state index contributed by atoms with van der Waals surface area (Å²) < 4.78 is 26.1. The molecule has 1 amide bonds. The summed E-state index contributed by atoms with van der Waals surface area (Å²) in [5.41, 5.74) is 0.603. The van der Waals surface area contributed by atoms with Crippen LogP contribution in [0.25, 0.3) is 0 Å². The van der Waals surface area contributed by atoms with Crippen molar-refractivity contribution >= 4 is 5.91 Å². The first-order valence-corrected chi connectivity index (χ1v) is 7.48. The highest BCUT2D eigenvalue weighted by atomic mass is 19.2. The smallest absolute Gasteiger partial charge is 0.240 e. The number of likely N-dealkylation sites (N-methyl/N-ethyl adjacent to an activating group) is 1. The summed E-state index contributed by atoms with van der Waals surface area (Å²) in [5, 5.41) is 3.32. The monoisotopic (exact) mass is 294 g/mol. The predicted octanol–water partition coefficient (Wildman–Crippen LogP) is 2.31. The van der Waals surface area contributed by atoms with E-state index in [0.717, 1.165) is 25.1 Å². The fraction of sp³-hybridized carbons (Fsp3) is 0.562. The Kier molecular flexibility index (Phi) is 3.93. The van der Waals surface area contributed by atoms with E-state index in [1.54, 1.807) is 11.9 Å². The van der Waals surface area contributed by atoms with E-state index in [-0.39, 0.29) is 11.9 Å². The maximum atomic E-state index is 13.2. The molecule has 0 bridgehead atoms. The van der Waals surface area contributed by atoms with Gasteiger partial charge in [-0.05, 0) is 48.9 Å². The molecule has 1 aromatic carbocycles. The van der Waals surface area contributed by atoms with Crippen LogP contribution in [0.15, 0.2) is 18.2 Å². The number of nitrogens with one attached hydrogen (secondary N) is 1. The highest BCUT2D eigenvalue weighted by Gasteiger charge is 2.43. The van der Waals surface area contributed by atoms with Crippen LogP contribution in [0.5, 0.6) is 0 Å². The lowest BCUT2D eigenvalue weighted by Crippen LogP contribution is -2.44. The number of carbonyl (C=O) groups excluding carboxylic acids is 1. The van der Waals surface area contributed by atoms with Crippen molar-refractivity contribution in [2.45, 2.75) is 31.8 Å². The summed E-state index contributed by atoms with van der Waals surface area (Å²) in [5.74, 6) is -0.628. The van der Waals surface area contributed by atoms with Gasteiger partial charge < -0.3 is 10.2 Å². The van der Waals surface area contributed by atoms with Gasteiger partial charge in [-0.1, -0.05) is 12.5 Å². The molecule has 3 nitrogen and oxygen atoms in total. The molecule has 1 aromatic rings. The average Bonchev–Trinajstić information content (AvgIpc) is 3.04. The molecule has 0 spiro atoms. The van der Waals surface area contributed by atoms with E-state index >= 15 is 0 Å². The Morgan fingerprint density at radius 3 is 2.90 bits per heavy atom. The minimum Gasteiger partial charge on any atom is -0.340 e. The molecule has 3 atom stereocenters. The van der Waals surface area contributed by atoms with E-state index in [2.05, 4.69) is 5.32 Å². The number of rotatable bonds is 3. The normalized spacial score (nSPS) is 27.7. The lowest BCUT2D eigenvalue weighted by Gasteiger charge is -2.24. The summed E-state index contributed by atoms with van der Waals surface area (Å²) in [7, 11) is 1.72. The number of benzene rings is 1. The Balaban J connectivity index is 1.65. The molecule has 5 heteroatoms. The van der Waals surface area contributed by atoms with Gasteiger partial charge in [0.15, 0.2) is 11.6 Å². The molecule has 114 valence electrons. The highest BCUT2D eigenvalue weighted by Crippen LogP contribution is 2.38. The van der Waals surface area contributed by atoms with Crippen molar-refractivity contribution in [1.82, 2.24) is 10.2 Å². The number of hydrogen-bond donors (Lipinski definition) is 1. The zero-order valence-corrected chi connectivity index (χ0v) is 12.1. The minimum absolute atomic E-state index is 0.0501. The number of amides is 1. The molecule has 2 fully saturated rings. The third kappa shape index (κ3) is 2.79. The number of carbonyl (C=O) groups is 1. The Morgan fingerprint density at radius 1 is 1.33 bits per heavy atom. The summed E-state index contributed by atoms with van der Waals surface area (Å²) >= 11 is 0. The van der Waals surface area contributed by atoms with E-state index in [1.165, 1.54) is 18.9 Å². The molecule has 0 radical (unpaired) electrons. The maximum Gasteiger partial charge on any atom is 0.240 e. The van der Waals surface area contributed by atoms with Crippen molar-refractivity contribution in [3.63, 3.8) is 0 Å². The molecule has 1 heterocycles. The molecule has 3 rings (SSSR count). The van der Waals surface area contributed by atoms with Crippen molar-refractivity contribution in [1.29, 1.82) is 0 Å². The van der Waals surface area contributed by atoms with Gasteiger partial charge in [-0.3, -0.25) is 4.79 Å². The molecule has 1 saturated carbocycles. The fourth-order valence-corrected chi connectivity index (χ4v) is 3.69. The van der Waals surface area contributed by atoms with Gasteiger partial charge in [0.25, 0.3) is 0 Å². The number of halogens is 2. The molecule has 1 saturated heterocycles. The number of nitrogens with zero attached hydrogens (tertiary/aromatic N) is 1. The standard InChI is InChI=1S/C16H20F2N2O/c1-20(9-10-5-6-13(17)14(18)7-10)16(21)15-12-4-2-3-11(12)8-19-15/h5-7,11-12,15,19H,2-4,8-9H2,1H3. The van der Waals surface area contributed by atoms with Gasteiger partial charge in [-0.15, -0.1) is 0 Å². The van der Waals surface area contributed by atoms with Crippen LogP contribution in [0.1, 0.15) is 24.8 Å². The number of fused-ring (bicyclic) bond motifs is 1. The van der Waals surface area contributed by atoms with Crippen molar-refractivity contribution < 1.29 is 13.6 Å². The minimum atomic E-state index is -0.872. The van der Waals surface area contributed by atoms with E-state index in [9.17, 15) is 13.6 Å². The molecule has 1 aliphatic heterocycles. The summed E-state index contributed by atoms with van der Waals surface area (Å²) in [6.45, 7) is 1.21. The zero-order chi connectivity index (χ0) is 15.0. The molecule has 0 aromatic heterocycles. The lowest BCUT2D eigenvalue weighted by molar-refractivity contribution is -0.133. The number of hydrogen-bond acceptors (Lipinski definition) is 2. The SMILES string of the molecule is CN(Cc1ccc(F)c(F)c1)C(=O)C1NCC2CCCC21. The topological polar surface area (TPSA) is 32.3 Å². The maximum absolute atomic E-state index is 13.2. The van der Waals surface area contributed by atoms with Crippen LogP contribution in [-0.4, -0.2) is 30.4 Å². The van der Waals surface area contributed by atoms with Crippen LogP contribution in [0.4, 0.5) is 8.78 Å². The van der Waals surface area contributed by atoms with Gasteiger partial charge >= 0.3 is 0 Å². The van der Waals surface area contributed by atoms with E-state index in [1.807, 2.05) is 0 Å². The molecule has 2 aliphatic rings. The van der Waals surface area contributed by atoms with Gasteiger partial charge in [-0.25, -0.2) is 8.78 Å². The van der Waals surface area contributed by atoms with Gasteiger partial charge in [0, 0.05) is 13.6 Å². The zero-order valence-electron chi connectivity index (χ0n) is 12.1. The first-order valence-electron chi connectivity index (χ1n) is 7.48. The van der Waals surface area contributed by atoms with Crippen molar-refractivity contribution in [3.8, 4) is 0 Å². The van der Waals surface area contributed by atoms with Crippen molar-refractivity contribution in [3.05, 3.63) is 35.4 Å². The third-order valence-electron chi connectivity index (χ3n) is 4.79. The second-order valence-corrected chi connectivity index (χ2v) is 6.18. The van der Waals surface area contributed by atoms with Gasteiger partial charge in [-0.2, -0.15) is 0 Å². The second kappa shape index (κ2) is 5.72. The van der Waals surface area contributed by atoms with Gasteiger partial charge in [0.1, 0.15) is 0 Å². The average molecular weight is 294 g/mol. The third-order valence-corrected chi connectivity index (χ3v) is 4.79. The highest BCUT2D eigenvalue weighted by molar-refractivity contribution is 5.82. The molecule has 1 N–H and O–H groups in total. The summed E-state index contributed by atoms with van der Waals surface area (Å²) in [6.07, 6.45) is 3.51.